The molecule has 120 valence electrons. The van der Waals surface area contributed by atoms with Gasteiger partial charge in [0.2, 0.25) is 5.82 Å². The summed E-state index contributed by atoms with van der Waals surface area (Å²) in [5, 5.41) is 7.74. The second-order valence-electron chi connectivity index (χ2n) is 5.39. The molecule has 3 aromatic heterocycles. The van der Waals surface area contributed by atoms with Crippen molar-refractivity contribution < 1.29 is 8.81 Å². The maximum atomic E-state index is 13.0. The zero-order valence-corrected chi connectivity index (χ0v) is 12.9. The second kappa shape index (κ2) is 5.77. The van der Waals surface area contributed by atoms with Gasteiger partial charge in [-0.3, -0.25) is 0 Å². The Bertz CT molecular complexity index is 976. The number of aryl methyl sites for hydroxylation is 1. The molecule has 0 unspecified atom stereocenters. The number of hydrogen-bond acceptors (Lipinski definition) is 5. The van der Waals surface area contributed by atoms with E-state index >= 15 is 0 Å². The maximum Gasteiger partial charge on any atom is 0.254 e. The molecule has 4 rings (SSSR count). The van der Waals surface area contributed by atoms with Crippen LogP contribution in [0.2, 0.25) is 0 Å². The fourth-order valence-electron chi connectivity index (χ4n) is 2.42. The minimum Gasteiger partial charge on any atom is -0.461 e. The number of anilines is 1. The van der Waals surface area contributed by atoms with Crippen LogP contribution in [0, 0.1) is 12.7 Å². The normalized spacial score (nSPS) is 11.1. The van der Waals surface area contributed by atoms with Gasteiger partial charge in [-0.1, -0.05) is 12.1 Å². The van der Waals surface area contributed by atoms with Crippen molar-refractivity contribution in [1.29, 1.82) is 0 Å². The predicted octanol–water partition coefficient (Wildman–Crippen LogP) is 3.44. The van der Waals surface area contributed by atoms with Gasteiger partial charge in [0, 0.05) is 18.3 Å². The molecule has 0 saturated carbocycles. The summed E-state index contributed by atoms with van der Waals surface area (Å²) in [6, 6.07) is 11.8. The smallest absolute Gasteiger partial charge is 0.254 e. The number of halogens is 1. The van der Waals surface area contributed by atoms with Crippen molar-refractivity contribution in [3.05, 3.63) is 65.8 Å². The molecule has 0 amide bonds. The number of rotatable bonds is 4. The quantitative estimate of drug-likeness (QED) is 0.623. The molecule has 24 heavy (non-hydrogen) atoms. The van der Waals surface area contributed by atoms with E-state index in [0.29, 0.717) is 23.9 Å². The van der Waals surface area contributed by atoms with E-state index in [-0.39, 0.29) is 5.82 Å². The van der Waals surface area contributed by atoms with Crippen molar-refractivity contribution in [2.24, 2.45) is 0 Å². The lowest BCUT2D eigenvalue weighted by molar-refractivity contribution is 0.577. The van der Waals surface area contributed by atoms with E-state index < -0.39 is 0 Å². The molecule has 1 aromatic carbocycles. The van der Waals surface area contributed by atoms with Crippen LogP contribution in [0.4, 0.5) is 10.2 Å². The number of nitrogens with zero attached hydrogens (tertiary/aromatic N) is 4. The highest BCUT2D eigenvalue weighted by Crippen LogP contribution is 2.19. The number of nitrogens with one attached hydrogen (secondary N) is 1. The highest BCUT2D eigenvalue weighted by atomic mass is 19.1. The van der Waals surface area contributed by atoms with Gasteiger partial charge in [-0.2, -0.15) is 9.50 Å². The second-order valence-corrected chi connectivity index (χ2v) is 5.39. The summed E-state index contributed by atoms with van der Waals surface area (Å²) in [6.45, 7) is 2.43. The molecule has 0 saturated heterocycles. The van der Waals surface area contributed by atoms with Gasteiger partial charge < -0.3 is 9.73 Å². The van der Waals surface area contributed by atoms with E-state index in [2.05, 4.69) is 20.4 Å². The first-order valence-electron chi connectivity index (χ1n) is 7.46. The lowest BCUT2D eigenvalue weighted by Gasteiger charge is -2.08. The van der Waals surface area contributed by atoms with E-state index in [0.717, 1.165) is 17.1 Å². The lowest BCUT2D eigenvalue weighted by atomic mass is 10.2. The number of benzene rings is 1. The van der Waals surface area contributed by atoms with Crippen molar-refractivity contribution in [3.63, 3.8) is 0 Å². The van der Waals surface area contributed by atoms with Crippen LogP contribution in [0.5, 0.6) is 0 Å². The zero-order valence-electron chi connectivity index (χ0n) is 12.9. The van der Waals surface area contributed by atoms with E-state index in [1.54, 1.807) is 35.0 Å². The molecular weight excluding hydrogens is 309 g/mol. The average molecular weight is 323 g/mol. The molecule has 3 heterocycles. The molecule has 4 aromatic rings. The Morgan fingerprint density at radius 3 is 2.75 bits per heavy atom. The topological polar surface area (TPSA) is 68.2 Å². The van der Waals surface area contributed by atoms with Crippen LogP contribution in [-0.4, -0.2) is 19.6 Å². The van der Waals surface area contributed by atoms with E-state index in [1.807, 2.05) is 13.0 Å². The Balaban J connectivity index is 1.67. The van der Waals surface area contributed by atoms with Gasteiger partial charge in [0.05, 0.1) is 6.26 Å². The molecule has 0 bridgehead atoms. The Labute approximate surface area is 137 Å². The van der Waals surface area contributed by atoms with Crippen LogP contribution in [0.3, 0.4) is 0 Å². The van der Waals surface area contributed by atoms with Gasteiger partial charge in [-0.15, -0.1) is 5.10 Å². The van der Waals surface area contributed by atoms with Gasteiger partial charge in [-0.25, -0.2) is 9.37 Å². The van der Waals surface area contributed by atoms with Crippen LogP contribution in [0.25, 0.3) is 17.4 Å². The fourth-order valence-corrected chi connectivity index (χ4v) is 2.42. The number of furan rings is 1. The molecule has 0 atom stereocenters. The minimum atomic E-state index is -0.250. The lowest BCUT2D eigenvalue weighted by Crippen LogP contribution is -2.07. The summed E-state index contributed by atoms with van der Waals surface area (Å²) in [6.07, 6.45) is 1.58. The third-order valence-corrected chi connectivity index (χ3v) is 3.57. The van der Waals surface area contributed by atoms with Crippen LogP contribution >= 0.6 is 0 Å². The monoisotopic (exact) mass is 323 g/mol. The molecule has 0 aliphatic rings. The highest BCUT2D eigenvalue weighted by Gasteiger charge is 2.13. The number of hydrogen-bond donors (Lipinski definition) is 1. The third-order valence-electron chi connectivity index (χ3n) is 3.57. The van der Waals surface area contributed by atoms with Gasteiger partial charge in [0.1, 0.15) is 11.6 Å². The van der Waals surface area contributed by atoms with Crippen LogP contribution in [0.1, 0.15) is 11.3 Å². The van der Waals surface area contributed by atoms with Crippen molar-refractivity contribution >= 4 is 11.6 Å². The van der Waals surface area contributed by atoms with E-state index in [4.69, 9.17) is 4.42 Å². The molecule has 0 radical (unpaired) electrons. The first-order valence-corrected chi connectivity index (χ1v) is 7.46. The standard InChI is InChI=1S/C17H14FN5O/c1-11-9-15(19-10-12-4-6-13(18)7-5-12)23-17(20-11)21-16(22-23)14-3-2-8-24-14/h2-9,19H,10H2,1H3. The average Bonchev–Trinajstić information content (AvgIpc) is 3.23. The summed E-state index contributed by atoms with van der Waals surface area (Å²) in [7, 11) is 0. The highest BCUT2D eigenvalue weighted by molar-refractivity contribution is 5.53. The largest absolute Gasteiger partial charge is 0.461 e. The molecule has 7 heteroatoms. The molecule has 0 spiro atoms. The molecule has 1 N–H and O–H groups in total. The molecule has 0 aliphatic carbocycles. The van der Waals surface area contributed by atoms with Gasteiger partial charge in [0.15, 0.2) is 5.76 Å². The van der Waals surface area contributed by atoms with Crippen LogP contribution in [-0.2, 0) is 6.54 Å². The summed E-state index contributed by atoms with van der Waals surface area (Å²) in [5.74, 6) is 2.06. The number of aromatic nitrogens is 4. The van der Waals surface area contributed by atoms with Crippen LogP contribution in [0.15, 0.2) is 53.1 Å². The van der Waals surface area contributed by atoms with Crippen molar-refractivity contribution in [3.8, 4) is 11.6 Å². The summed E-state index contributed by atoms with van der Waals surface area (Å²) >= 11 is 0. The van der Waals surface area contributed by atoms with Crippen molar-refractivity contribution in [1.82, 2.24) is 19.6 Å². The molecule has 0 aliphatic heterocycles. The Morgan fingerprint density at radius 1 is 1.17 bits per heavy atom. The van der Waals surface area contributed by atoms with Gasteiger partial charge in [-0.05, 0) is 36.8 Å². The zero-order chi connectivity index (χ0) is 16.5. The van der Waals surface area contributed by atoms with Gasteiger partial charge >= 0.3 is 0 Å². The predicted molar refractivity (Wildman–Crippen MR) is 86.9 cm³/mol. The Hall–Kier alpha value is -3.22. The fraction of sp³-hybridized carbons (Fsp3) is 0.118. The maximum absolute atomic E-state index is 13.0. The summed E-state index contributed by atoms with van der Waals surface area (Å²) in [4.78, 5) is 8.79. The third kappa shape index (κ3) is 2.71. The van der Waals surface area contributed by atoms with E-state index in [1.165, 1.54) is 12.1 Å². The molecular formula is C17H14FN5O. The van der Waals surface area contributed by atoms with Crippen molar-refractivity contribution in [2.75, 3.05) is 5.32 Å². The molecule has 0 fully saturated rings. The van der Waals surface area contributed by atoms with Crippen LogP contribution < -0.4 is 5.32 Å². The Morgan fingerprint density at radius 2 is 2.00 bits per heavy atom. The van der Waals surface area contributed by atoms with Gasteiger partial charge in [0.25, 0.3) is 5.78 Å². The summed E-state index contributed by atoms with van der Waals surface area (Å²) < 4.78 is 20.0. The number of fused-ring (bicyclic) bond motifs is 1. The minimum absolute atomic E-state index is 0.250. The Kier molecular flexibility index (Phi) is 3.45. The SMILES string of the molecule is Cc1cc(NCc2ccc(F)cc2)n2nc(-c3ccco3)nc2n1. The van der Waals surface area contributed by atoms with E-state index in [9.17, 15) is 4.39 Å². The first-order chi connectivity index (χ1) is 11.7. The summed E-state index contributed by atoms with van der Waals surface area (Å²) in [5.41, 5.74) is 1.79. The molecule has 6 nitrogen and oxygen atoms in total. The van der Waals surface area contributed by atoms with Crippen molar-refractivity contribution in [2.45, 2.75) is 13.5 Å². The first kappa shape index (κ1) is 14.4.